The lowest BCUT2D eigenvalue weighted by Crippen LogP contribution is -1.92. The van der Waals surface area contributed by atoms with E-state index in [4.69, 9.17) is 5.26 Å². The molecule has 0 fully saturated rings. The van der Waals surface area contributed by atoms with Gasteiger partial charge in [0, 0.05) is 10.1 Å². The number of thioether (sulfide) groups is 1. The van der Waals surface area contributed by atoms with E-state index < -0.39 is 0 Å². The molecule has 0 aliphatic rings. The Morgan fingerprint density at radius 3 is 2.56 bits per heavy atom. The topological polar surface area (TPSA) is 23.8 Å². The lowest BCUT2D eigenvalue weighted by atomic mass is 10.1. The summed E-state index contributed by atoms with van der Waals surface area (Å²) in [4.78, 5) is 0.846. The Labute approximate surface area is 110 Å². The number of hydrogen-bond acceptors (Lipinski definition) is 2. The SMILES string of the molecule is N#CCC(Sc1cccc(F)c1)c1ccccc1. The van der Waals surface area contributed by atoms with Crippen LogP contribution in [0.5, 0.6) is 0 Å². The molecule has 0 aromatic heterocycles. The Morgan fingerprint density at radius 1 is 1.11 bits per heavy atom. The molecule has 0 N–H and O–H groups in total. The van der Waals surface area contributed by atoms with Gasteiger partial charge in [-0.15, -0.1) is 11.8 Å². The third-order valence-electron chi connectivity index (χ3n) is 2.52. The summed E-state index contributed by atoms with van der Waals surface area (Å²) in [6, 6.07) is 18.5. The minimum Gasteiger partial charge on any atom is -0.207 e. The van der Waals surface area contributed by atoms with E-state index >= 15 is 0 Å². The van der Waals surface area contributed by atoms with Crippen LogP contribution in [-0.2, 0) is 0 Å². The monoisotopic (exact) mass is 257 g/mol. The third kappa shape index (κ3) is 3.35. The zero-order valence-corrected chi connectivity index (χ0v) is 10.5. The van der Waals surface area contributed by atoms with Crippen LogP contribution in [0, 0.1) is 17.1 Å². The predicted octanol–water partition coefficient (Wildman–Crippen LogP) is 4.57. The van der Waals surface area contributed by atoms with Gasteiger partial charge in [-0.2, -0.15) is 5.26 Å². The average Bonchev–Trinajstić information content (AvgIpc) is 2.39. The van der Waals surface area contributed by atoms with Gasteiger partial charge in [0.05, 0.1) is 12.5 Å². The molecule has 0 amide bonds. The summed E-state index contributed by atoms with van der Waals surface area (Å²) >= 11 is 1.52. The van der Waals surface area contributed by atoms with E-state index in [-0.39, 0.29) is 11.1 Å². The maximum Gasteiger partial charge on any atom is 0.124 e. The van der Waals surface area contributed by atoms with Gasteiger partial charge >= 0.3 is 0 Å². The van der Waals surface area contributed by atoms with Gasteiger partial charge < -0.3 is 0 Å². The summed E-state index contributed by atoms with van der Waals surface area (Å²) in [7, 11) is 0. The molecular formula is C15H12FNS. The largest absolute Gasteiger partial charge is 0.207 e. The standard InChI is InChI=1S/C15H12FNS/c16-13-7-4-8-14(11-13)18-15(9-10-17)12-5-2-1-3-6-12/h1-8,11,15H,9H2. The van der Waals surface area contributed by atoms with Gasteiger partial charge in [-0.3, -0.25) is 0 Å². The minimum atomic E-state index is -0.247. The van der Waals surface area contributed by atoms with Crippen LogP contribution in [0.1, 0.15) is 17.2 Å². The molecule has 0 aliphatic carbocycles. The molecule has 1 unspecified atom stereocenters. The molecule has 90 valence electrons. The fraction of sp³-hybridized carbons (Fsp3) is 0.133. The van der Waals surface area contributed by atoms with E-state index in [1.54, 1.807) is 6.07 Å². The molecule has 0 bridgehead atoms. The quantitative estimate of drug-likeness (QED) is 0.749. The van der Waals surface area contributed by atoms with Crippen molar-refractivity contribution in [1.29, 1.82) is 5.26 Å². The van der Waals surface area contributed by atoms with E-state index in [2.05, 4.69) is 6.07 Å². The Balaban J connectivity index is 2.20. The second-order valence-electron chi connectivity index (χ2n) is 3.84. The van der Waals surface area contributed by atoms with Gasteiger partial charge in [-0.05, 0) is 23.8 Å². The maximum atomic E-state index is 13.1. The van der Waals surface area contributed by atoms with Crippen LogP contribution in [0.15, 0.2) is 59.5 Å². The summed E-state index contributed by atoms with van der Waals surface area (Å²) in [6.07, 6.45) is 0.408. The average molecular weight is 257 g/mol. The first-order chi connectivity index (χ1) is 8.79. The van der Waals surface area contributed by atoms with Gasteiger partial charge in [-0.25, -0.2) is 4.39 Å². The number of nitriles is 1. The molecule has 2 rings (SSSR count). The van der Waals surface area contributed by atoms with Crippen LogP contribution < -0.4 is 0 Å². The molecule has 0 heterocycles. The number of benzene rings is 2. The fourth-order valence-corrected chi connectivity index (χ4v) is 2.80. The first-order valence-corrected chi connectivity index (χ1v) is 6.51. The van der Waals surface area contributed by atoms with Crippen molar-refractivity contribution < 1.29 is 4.39 Å². The summed E-state index contributed by atoms with van der Waals surface area (Å²) < 4.78 is 13.1. The Morgan fingerprint density at radius 2 is 1.89 bits per heavy atom. The molecule has 0 spiro atoms. The molecule has 2 aromatic carbocycles. The van der Waals surface area contributed by atoms with Crippen molar-refractivity contribution in [2.75, 3.05) is 0 Å². The van der Waals surface area contributed by atoms with Crippen molar-refractivity contribution >= 4 is 11.8 Å². The summed E-state index contributed by atoms with van der Waals surface area (Å²) in [6.45, 7) is 0. The van der Waals surface area contributed by atoms with Gasteiger partial charge in [0.1, 0.15) is 5.82 Å². The van der Waals surface area contributed by atoms with Gasteiger partial charge in [0.2, 0.25) is 0 Å². The Kier molecular flexibility index (Phi) is 4.38. The van der Waals surface area contributed by atoms with Crippen molar-refractivity contribution in [2.45, 2.75) is 16.6 Å². The van der Waals surface area contributed by atoms with E-state index in [1.165, 1.54) is 23.9 Å². The van der Waals surface area contributed by atoms with Crippen LogP contribution >= 0.6 is 11.8 Å². The molecule has 2 aromatic rings. The molecule has 0 radical (unpaired) electrons. The van der Waals surface area contributed by atoms with Gasteiger partial charge in [0.15, 0.2) is 0 Å². The second kappa shape index (κ2) is 6.23. The van der Waals surface area contributed by atoms with E-state index in [9.17, 15) is 4.39 Å². The van der Waals surface area contributed by atoms with Crippen LogP contribution in [0.4, 0.5) is 4.39 Å². The van der Waals surface area contributed by atoms with Crippen molar-refractivity contribution in [3.63, 3.8) is 0 Å². The molecule has 0 saturated heterocycles. The minimum absolute atomic E-state index is 0.0398. The number of halogens is 1. The van der Waals surface area contributed by atoms with Crippen molar-refractivity contribution in [3.05, 3.63) is 66.0 Å². The molecule has 1 nitrogen and oxygen atoms in total. The predicted molar refractivity (Wildman–Crippen MR) is 71.7 cm³/mol. The summed E-state index contributed by atoms with van der Waals surface area (Å²) in [5, 5.41) is 8.93. The van der Waals surface area contributed by atoms with Crippen LogP contribution in [0.25, 0.3) is 0 Å². The number of nitrogens with zero attached hydrogens (tertiary/aromatic N) is 1. The molecule has 0 saturated carbocycles. The van der Waals surface area contributed by atoms with E-state index in [1.807, 2.05) is 36.4 Å². The zero-order valence-electron chi connectivity index (χ0n) is 9.71. The van der Waals surface area contributed by atoms with Crippen LogP contribution in [-0.4, -0.2) is 0 Å². The number of rotatable bonds is 4. The highest BCUT2D eigenvalue weighted by atomic mass is 32.2. The Hall–Kier alpha value is -1.79. The van der Waals surface area contributed by atoms with Gasteiger partial charge in [0.25, 0.3) is 0 Å². The molecular weight excluding hydrogens is 245 g/mol. The summed E-state index contributed by atoms with van der Waals surface area (Å²) in [5.41, 5.74) is 1.09. The Bertz CT molecular complexity index is 548. The highest BCUT2D eigenvalue weighted by molar-refractivity contribution is 7.99. The highest BCUT2D eigenvalue weighted by Gasteiger charge is 2.12. The first-order valence-electron chi connectivity index (χ1n) is 5.63. The van der Waals surface area contributed by atoms with Gasteiger partial charge in [-0.1, -0.05) is 36.4 Å². The zero-order chi connectivity index (χ0) is 12.8. The number of hydrogen-bond donors (Lipinski definition) is 0. The lowest BCUT2D eigenvalue weighted by Gasteiger charge is -2.13. The molecule has 1 atom stereocenters. The summed E-state index contributed by atoms with van der Waals surface area (Å²) in [5.74, 6) is -0.247. The van der Waals surface area contributed by atoms with E-state index in [0.717, 1.165) is 10.5 Å². The highest BCUT2D eigenvalue weighted by Crippen LogP contribution is 2.37. The molecule has 0 aliphatic heterocycles. The van der Waals surface area contributed by atoms with Crippen LogP contribution in [0.3, 0.4) is 0 Å². The lowest BCUT2D eigenvalue weighted by molar-refractivity contribution is 0.624. The van der Waals surface area contributed by atoms with Crippen molar-refractivity contribution in [2.24, 2.45) is 0 Å². The normalized spacial score (nSPS) is 11.8. The molecule has 18 heavy (non-hydrogen) atoms. The maximum absolute atomic E-state index is 13.1. The molecule has 3 heteroatoms. The third-order valence-corrected chi connectivity index (χ3v) is 3.77. The van der Waals surface area contributed by atoms with Crippen molar-refractivity contribution in [1.82, 2.24) is 0 Å². The smallest absolute Gasteiger partial charge is 0.124 e. The van der Waals surface area contributed by atoms with E-state index in [0.29, 0.717) is 6.42 Å². The van der Waals surface area contributed by atoms with Crippen molar-refractivity contribution in [3.8, 4) is 6.07 Å². The first kappa shape index (κ1) is 12.7. The fourth-order valence-electron chi connectivity index (χ4n) is 1.68. The van der Waals surface area contributed by atoms with Crippen LogP contribution in [0.2, 0.25) is 0 Å². The second-order valence-corrected chi connectivity index (χ2v) is 5.11.